The van der Waals surface area contributed by atoms with Gasteiger partial charge in [0.2, 0.25) is 0 Å². The van der Waals surface area contributed by atoms with Crippen LogP contribution in [0.15, 0.2) is 29.1 Å². The van der Waals surface area contributed by atoms with Crippen LogP contribution in [-0.4, -0.2) is 16.9 Å². The Labute approximate surface area is 121 Å². The summed E-state index contributed by atoms with van der Waals surface area (Å²) in [6.45, 7) is 0.741. The Bertz CT molecular complexity index is 622. The minimum Gasteiger partial charge on any atom is -0.397 e. The molecule has 0 saturated heterocycles. The second kappa shape index (κ2) is 5.13. The lowest BCUT2D eigenvalue weighted by Gasteiger charge is -2.25. The molecule has 1 aliphatic carbocycles. The maximum Gasteiger partial charge on any atom is 0.252 e. The van der Waals surface area contributed by atoms with Crippen LogP contribution < -0.4 is 16.4 Å². The average molecular weight is 288 g/mol. The molecule has 1 fully saturated rings. The normalized spacial score (nSPS) is 14.2. The standard InChI is InChI=1S/C14H16N4OS/c15-10-5-12(13(16)19)14(17-6-10)18(11-1-2-11)7-9-3-4-20-8-9/h3-6,8,11H,1-2,7,15H2,(H2,16,19). The van der Waals surface area contributed by atoms with Crippen molar-refractivity contribution in [3.63, 3.8) is 0 Å². The average Bonchev–Trinajstić information content (AvgIpc) is 3.13. The van der Waals surface area contributed by atoms with Gasteiger partial charge in [0.05, 0.1) is 17.4 Å². The van der Waals surface area contributed by atoms with Gasteiger partial charge in [0.15, 0.2) is 0 Å². The van der Waals surface area contributed by atoms with Gasteiger partial charge in [-0.1, -0.05) is 0 Å². The van der Waals surface area contributed by atoms with Gasteiger partial charge in [-0.15, -0.1) is 0 Å². The summed E-state index contributed by atoms with van der Waals surface area (Å²) in [5.74, 6) is 0.149. The van der Waals surface area contributed by atoms with Gasteiger partial charge in [0, 0.05) is 12.6 Å². The number of nitrogens with zero attached hydrogens (tertiary/aromatic N) is 2. The van der Waals surface area contributed by atoms with Gasteiger partial charge < -0.3 is 16.4 Å². The van der Waals surface area contributed by atoms with Crippen LogP contribution in [0, 0.1) is 0 Å². The monoisotopic (exact) mass is 288 g/mol. The third-order valence-corrected chi connectivity index (χ3v) is 4.08. The van der Waals surface area contributed by atoms with E-state index < -0.39 is 5.91 Å². The van der Waals surface area contributed by atoms with Gasteiger partial charge in [-0.3, -0.25) is 4.79 Å². The summed E-state index contributed by atoms with van der Waals surface area (Å²) in [7, 11) is 0. The van der Waals surface area contributed by atoms with Crippen molar-refractivity contribution >= 4 is 28.7 Å². The van der Waals surface area contributed by atoms with E-state index in [0.717, 1.165) is 19.4 Å². The van der Waals surface area contributed by atoms with Gasteiger partial charge in [0.1, 0.15) is 5.82 Å². The number of hydrogen-bond acceptors (Lipinski definition) is 5. The summed E-state index contributed by atoms with van der Waals surface area (Å²) in [6.07, 6.45) is 3.81. The fourth-order valence-corrected chi connectivity index (χ4v) is 2.89. The quantitative estimate of drug-likeness (QED) is 0.881. The van der Waals surface area contributed by atoms with Crippen LogP contribution in [0.2, 0.25) is 0 Å². The lowest BCUT2D eigenvalue weighted by atomic mass is 10.2. The van der Waals surface area contributed by atoms with E-state index in [1.165, 1.54) is 5.56 Å². The number of aromatic nitrogens is 1. The van der Waals surface area contributed by atoms with E-state index in [4.69, 9.17) is 11.5 Å². The number of nitrogens with two attached hydrogens (primary N) is 2. The molecule has 1 saturated carbocycles. The fraction of sp³-hybridized carbons (Fsp3) is 0.286. The Morgan fingerprint density at radius 2 is 2.30 bits per heavy atom. The first-order valence-electron chi connectivity index (χ1n) is 6.48. The van der Waals surface area contributed by atoms with Gasteiger partial charge in [-0.05, 0) is 41.3 Å². The van der Waals surface area contributed by atoms with E-state index in [-0.39, 0.29) is 0 Å². The molecule has 2 aromatic heterocycles. The molecule has 0 spiro atoms. The third-order valence-electron chi connectivity index (χ3n) is 3.35. The van der Waals surface area contributed by atoms with Gasteiger partial charge in [-0.2, -0.15) is 11.3 Å². The topological polar surface area (TPSA) is 85.2 Å². The molecule has 0 aromatic carbocycles. The highest BCUT2D eigenvalue weighted by Crippen LogP contribution is 2.34. The van der Waals surface area contributed by atoms with Crippen molar-refractivity contribution in [3.05, 3.63) is 40.2 Å². The number of rotatable bonds is 5. The molecule has 3 rings (SSSR count). The number of nitrogen functional groups attached to an aromatic ring is 1. The Hall–Kier alpha value is -2.08. The van der Waals surface area contributed by atoms with E-state index in [0.29, 0.717) is 23.1 Å². The molecule has 0 aliphatic heterocycles. The molecule has 104 valence electrons. The number of carbonyl (C=O) groups is 1. The van der Waals surface area contributed by atoms with Crippen LogP contribution >= 0.6 is 11.3 Å². The Balaban J connectivity index is 1.97. The molecular weight excluding hydrogens is 272 g/mol. The fourth-order valence-electron chi connectivity index (χ4n) is 2.23. The van der Waals surface area contributed by atoms with Crippen LogP contribution in [0.25, 0.3) is 0 Å². The molecule has 1 aliphatic rings. The SMILES string of the molecule is NC(=O)c1cc(N)cnc1N(Cc1ccsc1)C1CC1. The zero-order valence-corrected chi connectivity index (χ0v) is 11.8. The molecule has 1 amide bonds. The van der Waals surface area contributed by atoms with Crippen LogP contribution in [0.1, 0.15) is 28.8 Å². The molecule has 20 heavy (non-hydrogen) atoms. The minimum atomic E-state index is -0.490. The highest BCUT2D eigenvalue weighted by atomic mass is 32.1. The predicted octanol–water partition coefficient (Wildman–Crippen LogP) is 1.99. The zero-order valence-electron chi connectivity index (χ0n) is 11.0. The first kappa shape index (κ1) is 12.9. The van der Waals surface area contributed by atoms with Crippen molar-refractivity contribution < 1.29 is 4.79 Å². The first-order chi connectivity index (χ1) is 9.65. The van der Waals surface area contributed by atoms with E-state index in [2.05, 4.69) is 21.3 Å². The minimum absolute atomic E-state index is 0.395. The summed E-state index contributed by atoms with van der Waals surface area (Å²) < 4.78 is 0. The predicted molar refractivity (Wildman–Crippen MR) is 80.7 cm³/mol. The summed E-state index contributed by atoms with van der Waals surface area (Å²) in [5.41, 5.74) is 13.2. The largest absolute Gasteiger partial charge is 0.397 e. The first-order valence-corrected chi connectivity index (χ1v) is 7.42. The smallest absolute Gasteiger partial charge is 0.252 e. The Morgan fingerprint density at radius 3 is 2.90 bits per heavy atom. The molecule has 5 nitrogen and oxygen atoms in total. The molecule has 2 aromatic rings. The number of carbonyl (C=O) groups excluding carboxylic acids is 1. The molecule has 0 atom stereocenters. The number of anilines is 2. The Morgan fingerprint density at radius 1 is 1.50 bits per heavy atom. The number of pyridine rings is 1. The lowest BCUT2D eigenvalue weighted by molar-refractivity contribution is 0.100. The number of amides is 1. The maximum absolute atomic E-state index is 11.6. The molecule has 6 heteroatoms. The van der Waals surface area contributed by atoms with Crippen molar-refractivity contribution in [2.75, 3.05) is 10.6 Å². The summed E-state index contributed by atoms with van der Waals surface area (Å²) >= 11 is 1.66. The molecule has 0 bridgehead atoms. The number of thiophene rings is 1. The summed E-state index contributed by atoms with van der Waals surface area (Å²) in [5, 5.41) is 4.16. The van der Waals surface area contributed by atoms with E-state index in [9.17, 15) is 4.79 Å². The van der Waals surface area contributed by atoms with Gasteiger partial charge >= 0.3 is 0 Å². The number of primary amides is 1. The molecule has 0 radical (unpaired) electrons. The molecule has 4 N–H and O–H groups in total. The Kier molecular flexibility index (Phi) is 3.31. The van der Waals surface area contributed by atoms with Crippen molar-refractivity contribution in [1.29, 1.82) is 0 Å². The van der Waals surface area contributed by atoms with E-state index >= 15 is 0 Å². The van der Waals surface area contributed by atoms with Crippen LogP contribution in [0.3, 0.4) is 0 Å². The van der Waals surface area contributed by atoms with Crippen molar-refractivity contribution in [1.82, 2.24) is 4.98 Å². The maximum atomic E-state index is 11.6. The van der Waals surface area contributed by atoms with Gasteiger partial charge in [-0.25, -0.2) is 4.98 Å². The molecule has 0 unspecified atom stereocenters. The van der Waals surface area contributed by atoms with Gasteiger partial charge in [0.25, 0.3) is 5.91 Å². The highest BCUT2D eigenvalue weighted by Gasteiger charge is 2.32. The zero-order chi connectivity index (χ0) is 14.1. The number of hydrogen-bond donors (Lipinski definition) is 2. The highest BCUT2D eigenvalue weighted by molar-refractivity contribution is 7.07. The van der Waals surface area contributed by atoms with E-state index in [1.807, 2.05) is 5.38 Å². The third kappa shape index (κ3) is 2.60. The van der Waals surface area contributed by atoms with Crippen molar-refractivity contribution in [3.8, 4) is 0 Å². The second-order valence-corrected chi connectivity index (χ2v) is 5.77. The van der Waals surface area contributed by atoms with Crippen LogP contribution in [0.4, 0.5) is 11.5 Å². The summed E-state index contributed by atoms with van der Waals surface area (Å²) in [4.78, 5) is 18.1. The van der Waals surface area contributed by atoms with Crippen molar-refractivity contribution in [2.24, 2.45) is 5.73 Å². The van der Waals surface area contributed by atoms with Crippen LogP contribution in [-0.2, 0) is 6.54 Å². The van der Waals surface area contributed by atoms with Crippen LogP contribution in [0.5, 0.6) is 0 Å². The summed E-state index contributed by atoms with van der Waals surface area (Å²) in [6, 6.07) is 4.12. The van der Waals surface area contributed by atoms with E-state index in [1.54, 1.807) is 23.6 Å². The van der Waals surface area contributed by atoms with Crippen molar-refractivity contribution in [2.45, 2.75) is 25.4 Å². The lowest BCUT2D eigenvalue weighted by Crippen LogP contribution is -2.29. The molecular formula is C14H16N4OS. The second-order valence-electron chi connectivity index (χ2n) is 4.99. The molecule has 2 heterocycles.